The van der Waals surface area contributed by atoms with E-state index in [1.165, 1.54) is 0 Å². The number of carbonyl (C=O) groups is 1. The van der Waals surface area contributed by atoms with Gasteiger partial charge in [0.2, 0.25) is 5.91 Å². The highest BCUT2D eigenvalue weighted by Gasteiger charge is 2.49. The van der Waals surface area contributed by atoms with Gasteiger partial charge in [0, 0.05) is 38.1 Å². The van der Waals surface area contributed by atoms with Gasteiger partial charge < -0.3 is 10.0 Å². The van der Waals surface area contributed by atoms with Gasteiger partial charge in [0.05, 0.1) is 12.0 Å². The van der Waals surface area contributed by atoms with E-state index in [4.69, 9.17) is 0 Å². The minimum Gasteiger partial charge on any atom is -0.391 e. The molecule has 4 nitrogen and oxygen atoms in total. The van der Waals surface area contributed by atoms with Crippen LogP contribution in [0.2, 0.25) is 0 Å². The minimum atomic E-state index is -4.28. The third-order valence-electron chi connectivity index (χ3n) is 6.04. The molecule has 0 aromatic rings. The van der Waals surface area contributed by atoms with Crippen molar-refractivity contribution in [1.29, 1.82) is 0 Å². The van der Waals surface area contributed by atoms with E-state index in [0.717, 1.165) is 19.3 Å². The molecule has 0 bridgehead atoms. The van der Waals surface area contributed by atoms with E-state index in [-0.39, 0.29) is 24.5 Å². The van der Waals surface area contributed by atoms with Crippen molar-refractivity contribution >= 4 is 5.91 Å². The molecular weight excluding hydrogens is 321 g/mol. The normalized spacial score (nSPS) is 36.1. The molecule has 2 saturated carbocycles. The van der Waals surface area contributed by atoms with Crippen LogP contribution in [0.4, 0.5) is 13.2 Å². The van der Waals surface area contributed by atoms with Crippen molar-refractivity contribution in [2.45, 2.75) is 63.3 Å². The molecule has 1 amide bonds. The van der Waals surface area contributed by atoms with Crippen LogP contribution in [0.1, 0.15) is 44.9 Å². The van der Waals surface area contributed by atoms with Gasteiger partial charge in [-0.25, -0.2) is 0 Å². The number of piperazine rings is 1. The first kappa shape index (κ1) is 18.0. The zero-order valence-corrected chi connectivity index (χ0v) is 14.0. The Morgan fingerprint density at radius 3 is 2.17 bits per heavy atom. The molecule has 0 spiro atoms. The molecule has 4 unspecified atom stereocenters. The van der Waals surface area contributed by atoms with Gasteiger partial charge in [-0.2, -0.15) is 13.2 Å². The van der Waals surface area contributed by atoms with Crippen LogP contribution in [0.15, 0.2) is 0 Å². The summed E-state index contributed by atoms with van der Waals surface area (Å²) in [6.45, 7) is 2.25. The lowest BCUT2D eigenvalue weighted by Crippen LogP contribution is -2.55. The summed E-state index contributed by atoms with van der Waals surface area (Å²) in [7, 11) is 0. The van der Waals surface area contributed by atoms with Gasteiger partial charge >= 0.3 is 6.18 Å². The van der Waals surface area contributed by atoms with Gasteiger partial charge in [-0.15, -0.1) is 0 Å². The Kier molecular flexibility index (Phi) is 5.39. The van der Waals surface area contributed by atoms with Crippen LogP contribution in [-0.2, 0) is 4.79 Å². The second-order valence-corrected chi connectivity index (χ2v) is 7.47. The number of aliphatic hydroxyl groups is 1. The van der Waals surface area contributed by atoms with Gasteiger partial charge in [-0.3, -0.25) is 9.69 Å². The van der Waals surface area contributed by atoms with E-state index in [0.29, 0.717) is 45.4 Å². The Balaban J connectivity index is 1.58. The number of hydrogen-bond donors (Lipinski definition) is 1. The lowest BCUT2D eigenvalue weighted by molar-refractivity contribution is -0.201. The molecule has 0 radical (unpaired) electrons. The highest BCUT2D eigenvalue weighted by atomic mass is 19.4. The zero-order valence-electron chi connectivity index (χ0n) is 14.0. The summed E-state index contributed by atoms with van der Waals surface area (Å²) in [6.07, 6.45) is -0.0959. The smallest absolute Gasteiger partial charge is 0.391 e. The van der Waals surface area contributed by atoms with Gasteiger partial charge in [0.1, 0.15) is 0 Å². The molecule has 3 aliphatic rings. The quantitative estimate of drug-likeness (QED) is 0.833. The second kappa shape index (κ2) is 7.20. The van der Waals surface area contributed by atoms with Crippen molar-refractivity contribution in [2.24, 2.45) is 11.8 Å². The Labute approximate surface area is 141 Å². The van der Waals surface area contributed by atoms with Crippen LogP contribution in [0.5, 0.6) is 0 Å². The van der Waals surface area contributed by atoms with Gasteiger partial charge in [0.15, 0.2) is 0 Å². The Morgan fingerprint density at radius 1 is 0.917 bits per heavy atom. The van der Waals surface area contributed by atoms with Crippen molar-refractivity contribution < 1.29 is 23.1 Å². The Morgan fingerprint density at radius 2 is 1.58 bits per heavy atom. The fraction of sp³-hybridized carbons (Fsp3) is 0.941. The summed E-state index contributed by atoms with van der Waals surface area (Å²) in [5.41, 5.74) is 0. The number of aliphatic hydroxyl groups excluding tert-OH is 1. The fourth-order valence-corrected chi connectivity index (χ4v) is 4.67. The number of halogens is 3. The number of hydrogen-bond acceptors (Lipinski definition) is 3. The highest BCUT2D eigenvalue weighted by molar-refractivity contribution is 5.79. The summed E-state index contributed by atoms with van der Waals surface area (Å²) >= 11 is 0. The summed E-state index contributed by atoms with van der Waals surface area (Å²) in [4.78, 5) is 16.5. The molecule has 1 aliphatic heterocycles. The molecule has 3 rings (SSSR count). The molecule has 7 heteroatoms. The third kappa shape index (κ3) is 3.72. The average Bonchev–Trinajstić information content (AvgIpc) is 2.99. The highest BCUT2D eigenvalue weighted by Crippen LogP contribution is 2.42. The first-order valence-electron chi connectivity index (χ1n) is 9.15. The fourth-order valence-electron chi connectivity index (χ4n) is 4.67. The predicted molar refractivity (Wildman–Crippen MR) is 83.3 cm³/mol. The molecule has 1 saturated heterocycles. The molecule has 4 atom stereocenters. The van der Waals surface area contributed by atoms with Crippen LogP contribution in [0.25, 0.3) is 0 Å². The van der Waals surface area contributed by atoms with E-state index in [1.54, 1.807) is 4.90 Å². The van der Waals surface area contributed by atoms with Crippen LogP contribution in [0, 0.1) is 11.8 Å². The topological polar surface area (TPSA) is 43.8 Å². The monoisotopic (exact) mass is 348 g/mol. The van der Waals surface area contributed by atoms with E-state index in [2.05, 4.69) is 4.90 Å². The van der Waals surface area contributed by atoms with Crippen molar-refractivity contribution in [3.63, 3.8) is 0 Å². The summed E-state index contributed by atoms with van der Waals surface area (Å²) in [6, 6.07) is 0.153. The maximum absolute atomic E-state index is 13.2. The van der Waals surface area contributed by atoms with Gasteiger partial charge in [-0.05, 0) is 32.1 Å². The first-order chi connectivity index (χ1) is 11.4. The molecule has 138 valence electrons. The molecule has 1 N–H and O–H groups in total. The van der Waals surface area contributed by atoms with Crippen LogP contribution in [-0.4, -0.2) is 65.3 Å². The molecule has 24 heavy (non-hydrogen) atoms. The summed E-state index contributed by atoms with van der Waals surface area (Å²) in [5, 5.41) is 10.00. The first-order valence-corrected chi connectivity index (χ1v) is 9.15. The number of nitrogens with zero attached hydrogens (tertiary/aromatic N) is 2. The van der Waals surface area contributed by atoms with Crippen molar-refractivity contribution in [1.82, 2.24) is 9.80 Å². The molecule has 1 heterocycles. The Bertz CT molecular complexity index is 450. The van der Waals surface area contributed by atoms with Gasteiger partial charge in [-0.1, -0.05) is 12.8 Å². The number of amides is 1. The van der Waals surface area contributed by atoms with E-state index < -0.39 is 18.0 Å². The number of alkyl halides is 3. The van der Waals surface area contributed by atoms with Crippen LogP contribution < -0.4 is 0 Å². The predicted octanol–water partition coefficient (Wildman–Crippen LogP) is 2.41. The SMILES string of the molecule is O=C(C1CCCCC1C(F)(F)F)N1CCN(C2CCCC2O)CC1. The molecule has 0 aromatic carbocycles. The molecule has 0 aromatic heterocycles. The van der Waals surface area contributed by atoms with E-state index in [9.17, 15) is 23.1 Å². The van der Waals surface area contributed by atoms with E-state index >= 15 is 0 Å². The lowest BCUT2D eigenvalue weighted by atomic mass is 9.78. The van der Waals surface area contributed by atoms with Crippen molar-refractivity contribution in [2.75, 3.05) is 26.2 Å². The van der Waals surface area contributed by atoms with Crippen LogP contribution in [0.3, 0.4) is 0 Å². The summed E-state index contributed by atoms with van der Waals surface area (Å²) in [5.74, 6) is -2.69. The minimum absolute atomic E-state index is 0.0775. The average molecular weight is 348 g/mol. The summed E-state index contributed by atoms with van der Waals surface area (Å²) < 4.78 is 39.7. The second-order valence-electron chi connectivity index (χ2n) is 7.47. The Hall–Kier alpha value is -0.820. The third-order valence-corrected chi connectivity index (χ3v) is 6.04. The largest absolute Gasteiger partial charge is 0.392 e. The maximum Gasteiger partial charge on any atom is 0.392 e. The molecule has 2 aliphatic carbocycles. The molecule has 3 fully saturated rings. The van der Waals surface area contributed by atoms with E-state index in [1.807, 2.05) is 0 Å². The molecular formula is C17H27F3N2O2. The lowest BCUT2D eigenvalue weighted by Gasteiger charge is -2.42. The standard InChI is InChI=1S/C17H27F3N2O2/c18-17(19,20)13-5-2-1-4-12(13)16(24)22-10-8-21(9-11-22)14-6-3-7-15(14)23/h12-15,23H,1-11H2. The maximum atomic E-state index is 13.2. The van der Waals surface area contributed by atoms with Crippen molar-refractivity contribution in [3.05, 3.63) is 0 Å². The number of rotatable bonds is 2. The van der Waals surface area contributed by atoms with Crippen LogP contribution >= 0.6 is 0 Å². The zero-order chi connectivity index (χ0) is 17.3. The number of carbonyl (C=O) groups excluding carboxylic acids is 1. The van der Waals surface area contributed by atoms with Crippen molar-refractivity contribution in [3.8, 4) is 0 Å². The van der Waals surface area contributed by atoms with Gasteiger partial charge in [0.25, 0.3) is 0 Å².